The molecular formula is C8H9N3. The minimum atomic E-state index is 0.819. The maximum absolute atomic E-state index is 4.26. The molecule has 2 aromatic rings. The SMILES string of the molecule is Cc1nc2c(C)cccn2n1. The molecule has 56 valence electrons. The van der Waals surface area contributed by atoms with Crippen LogP contribution in [0.4, 0.5) is 0 Å². The van der Waals surface area contributed by atoms with Gasteiger partial charge in [0, 0.05) is 6.20 Å². The molecule has 0 atom stereocenters. The van der Waals surface area contributed by atoms with Crippen LogP contribution in [-0.2, 0) is 0 Å². The van der Waals surface area contributed by atoms with E-state index in [4.69, 9.17) is 0 Å². The summed E-state index contributed by atoms with van der Waals surface area (Å²) in [7, 11) is 0. The van der Waals surface area contributed by atoms with Crippen molar-refractivity contribution in [1.29, 1.82) is 0 Å². The van der Waals surface area contributed by atoms with E-state index in [0.717, 1.165) is 17.0 Å². The van der Waals surface area contributed by atoms with Crippen LogP contribution in [0.3, 0.4) is 0 Å². The Balaban J connectivity index is 2.90. The van der Waals surface area contributed by atoms with Crippen LogP contribution in [0.2, 0.25) is 0 Å². The standard InChI is InChI=1S/C8H9N3/c1-6-4-3-5-11-8(6)9-7(2)10-11/h3-5H,1-2H3. The van der Waals surface area contributed by atoms with Gasteiger partial charge in [-0.3, -0.25) is 0 Å². The molecule has 0 aliphatic heterocycles. The maximum Gasteiger partial charge on any atom is 0.158 e. The quantitative estimate of drug-likeness (QED) is 0.563. The molecule has 0 aromatic carbocycles. The Kier molecular flexibility index (Phi) is 1.18. The van der Waals surface area contributed by atoms with Gasteiger partial charge in [-0.25, -0.2) is 9.50 Å². The third-order valence-corrected chi connectivity index (χ3v) is 1.66. The largest absolute Gasteiger partial charge is 0.221 e. The van der Waals surface area contributed by atoms with Crippen molar-refractivity contribution in [2.45, 2.75) is 13.8 Å². The van der Waals surface area contributed by atoms with Crippen molar-refractivity contribution in [3.8, 4) is 0 Å². The number of fused-ring (bicyclic) bond motifs is 1. The first-order valence-corrected chi connectivity index (χ1v) is 3.56. The Bertz CT molecular complexity index is 389. The molecule has 3 heteroatoms. The Morgan fingerprint density at radius 1 is 1.36 bits per heavy atom. The molecule has 0 aliphatic carbocycles. The summed E-state index contributed by atoms with van der Waals surface area (Å²) in [6.07, 6.45) is 1.91. The summed E-state index contributed by atoms with van der Waals surface area (Å²) in [5.41, 5.74) is 2.11. The van der Waals surface area contributed by atoms with E-state index in [-0.39, 0.29) is 0 Å². The number of pyridine rings is 1. The second-order valence-electron chi connectivity index (χ2n) is 2.62. The summed E-state index contributed by atoms with van der Waals surface area (Å²) >= 11 is 0. The zero-order valence-electron chi connectivity index (χ0n) is 6.57. The van der Waals surface area contributed by atoms with Crippen LogP contribution in [0.1, 0.15) is 11.4 Å². The number of aromatic nitrogens is 3. The summed E-state index contributed by atoms with van der Waals surface area (Å²) in [6.45, 7) is 3.93. The summed E-state index contributed by atoms with van der Waals surface area (Å²) in [6, 6.07) is 4.00. The first-order chi connectivity index (χ1) is 5.27. The third-order valence-electron chi connectivity index (χ3n) is 1.66. The van der Waals surface area contributed by atoms with E-state index < -0.39 is 0 Å². The lowest BCUT2D eigenvalue weighted by Crippen LogP contribution is -1.87. The number of nitrogens with zero attached hydrogens (tertiary/aromatic N) is 3. The topological polar surface area (TPSA) is 30.2 Å². The van der Waals surface area contributed by atoms with Crippen LogP contribution >= 0.6 is 0 Å². The van der Waals surface area contributed by atoms with Crippen LogP contribution < -0.4 is 0 Å². The van der Waals surface area contributed by atoms with Gasteiger partial charge in [-0.05, 0) is 25.5 Å². The van der Waals surface area contributed by atoms with Crippen LogP contribution in [0.15, 0.2) is 18.3 Å². The number of rotatable bonds is 0. The van der Waals surface area contributed by atoms with Gasteiger partial charge < -0.3 is 0 Å². The molecule has 2 rings (SSSR count). The van der Waals surface area contributed by atoms with E-state index in [1.807, 2.05) is 32.2 Å². The predicted molar refractivity (Wildman–Crippen MR) is 42.5 cm³/mol. The monoisotopic (exact) mass is 147 g/mol. The molecule has 11 heavy (non-hydrogen) atoms. The molecule has 0 saturated heterocycles. The predicted octanol–water partition coefficient (Wildman–Crippen LogP) is 1.35. The molecule has 0 radical (unpaired) electrons. The fraction of sp³-hybridized carbons (Fsp3) is 0.250. The van der Waals surface area contributed by atoms with Gasteiger partial charge in [0.05, 0.1) is 0 Å². The van der Waals surface area contributed by atoms with Gasteiger partial charge in [0.15, 0.2) is 5.65 Å². The summed E-state index contributed by atoms with van der Waals surface area (Å²) < 4.78 is 1.80. The Labute approximate surface area is 64.7 Å². The summed E-state index contributed by atoms with van der Waals surface area (Å²) in [4.78, 5) is 4.26. The van der Waals surface area contributed by atoms with Gasteiger partial charge >= 0.3 is 0 Å². The molecular weight excluding hydrogens is 138 g/mol. The van der Waals surface area contributed by atoms with Crippen LogP contribution in [0.5, 0.6) is 0 Å². The van der Waals surface area contributed by atoms with Crippen molar-refractivity contribution in [3.05, 3.63) is 29.7 Å². The average molecular weight is 147 g/mol. The lowest BCUT2D eigenvalue weighted by Gasteiger charge is -1.92. The normalized spacial score (nSPS) is 10.7. The van der Waals surface area contributed by atoms with Gasteiger partial charge in [-0.1, -0.05) is 6.07 Å². The minimum Gasteiger partial charge on any atom is -0.221 e. The van der Waals surface area contributed by atoms with Gasteiger partial charge in [0.1, 0.15) is 5.82 Å². The summed E-state index contributed by atoms with van der Waals surface area (Å²) in [5, 5.41) is 4.18. The molecule has 2 aromatic heterocycles. The van der Waals surface area contributed by atoms with E-state index in [1.54, 1.807) is 4.52 Å². The molecule has 0 amide bonds. The van der Waals surface area contributed by atoms with Crippen LogP contribution in [0, 0.1) is 13.8 Å². The van der Waals surface area contributed by atoms with Crippen molar-refractivity contribution in [2.75, 3.05) is 0 Å². The maximum atomic E-state index is 4.26. The van der Waals surface area contributed by atoms with E-state index in [2.05, 4.69) is 10.1 Å². The van der Waals surface area contributed by atoms with Crippen molar-refractivity contribution in [1.82, 2.24) is 14.6 Å². The van der Waals surface area contributed by atoms with E-state index >= 15 is 0 Å². The number of hydrogen-bond donors (Lipinski definition) is 0. The van der Waals surface area contributed by atoms with Gasteiger partial charge in [0.2, 0.25) is 0 Å². The fourth-order valence-corrected chi connectivity index (χ4v) is 1.15. The highest BCUT2D eigenvalue weighted by molar-refractivity contribution is 5.45. The minimum absolute atomic E-state index is 0.819. The molecule has 0 aliphatic rings. The lowest BCUT2D eigenvalue weighted by atomic mass is 10.3. The van der Waals surface area contributed by atoms with Crippen molar-refractivity contribution >= 4 is 5.65 Å². The molecule has 0 spiro atoms. The number of hydrogen-bond acceptors (Lipinski definition) is 2. The molecule has 2 heterocycles. The molecule has 0 saturated carbocycles. The van der Waals surface area contributed by atoms with Crippen molar-refractivity contribution in [3.63, 3.8) is 0 Å². The van der Waals surface area contributed by atoms with Gasteiger partial charge in [-0.15, -0.1) is 0 Å². The second-order valence-corrected chi connectivity index (χ2v) is 2.62. The highest BCUT2D eigenvalue weighted by atomic mass is 15.3. The van der Waals surface area contributed by atoms with Crippen molar-refractivity contribution < 1.29 is 0 Å². The second kappa shape index (κ2) is 2.05. The lowest BCUT2D eigenvalue weighted by molar-refractivity contribution is 0.927. The summed E-state index contributed by atoms with van der Waals surface area (Å²) in [5.74, 6) is 0.819. The van der Waals surface area contributed by atoms with Gasteiger partial charge in [-0.2, -0.15) is 5.10 Å². The highest BCUT2D eigenvalue weighted by Gasteiger charge is 1.99. The number of aryl methyl sites for hydroxylation is 2. The smallest absolute Gasteiger partial charge is 0.158 e. The Morgan fingerprint density at radius 3 is 2.91 bits per heavy atom. The first kappa shape index (κ1) is 6.34. The average Bonchev–Trinajstić information content (AvgIpc) is 2.31. The fourth-order valence-electron chi connectivity index (χ4n) is 1.15. The molecule has 0 unspecified atom stereocenters. The highest BCUT2D eigenvalue weighted by Crippen LogP contribution is 2.05. The van der Waals surface area contributed by atoms with Crippen LogP contribution in [-0.4, -0.2) is 14.6 Å². The molecule has 0 fully saturated rings. The zero-order valence-corrected chi connectivity index (χ0v) is 6.57. The molecule has 3 nitrogen and oxygen atoms in total. The zero-order chi connectivity index (χ0) is 7.84. The van der Waals surface area contributed by atoms with E-state index in [0.29, 0.717) is 0 Å². The van der Waals surface area contributed by atoms with E-state index in [9.17, 15) is 0 Å². The van der Waals surface area contributed by atoms with Crippen LogP contribution in [0.25, 0.3) is 5.65 Å². The Morgan fingerprint density at radius 2 is 2.18 bits per heavy atom. The first-order valence-electron chi connectivity index (χ1n) is 3.56. The van der Waals surface area contributed by atoms with E-state index in [1.165, 1.54) is 0 Å². The van der Waals surface area contributed by atoms with Gasteiger partial charge in [0.25, 0.3) is 0 Å². The molecule has 0 N–H and O–H groups in total. The van der Waals surface area contributed by atoms with Crippen molar-refractivity contribution in [2.24, 2.45) is 0 Å². The third kappa shape index (κ3) is 0.888. The molecule has 0 bridgehead atoms. The Hall–Kier alpha value is -1.38.